The Morgan fingerprint density at radius 1 is 1.22 bits per heavy atom. The summed E-state index contributed by atoms with van der Waals surface area (Å²) in [6, 6.07) is 7.93. The van der Waals surface area contributed by atoms with Crippen molar-refractivity contribution in [3.8, 4) is 5.75 Å². The molecule has 4 fully saturated rings. The number of hydrogen-bond donors (Lipinski definition) is 0. The molecule has 0 amide bonds. The molecule has 0 heterocycles. The highest BCUT2D eigenvalue weighted by Crippen LogP contribution is 2.74. The van der Waals surface area contributed by atoms with Crippen molar-refractivity contribution in [3.63, 3.8) is 0 Å². The molecule has 0 aliphatic heterocycles. The Morgan fingerprint density at radius 2 is 2.00 bits per heavy atom. The molecule has 0 saturated heterocycles. The Labute approximate surface area is 136 Å². The van der Waals surface area contributed by atoms with Crippen LogP contribution in [-0.2, 0) is 9.53 Å². The van der Waals surface area contributed by atoms with E-state index < -0.39 is 0 Å². The van der Waals surface area contributed by atoms with E-state index in [4.69, 9.17) is 9.47 Å². The summed E-state index contributed by atoms with van der Waals surface area (Å²) < 4.78 is 10.3. The highest BCUT2D eigenvalue weighted by molar-refractivity contribution is 5.70. The van der Waals surface area contributed by atoms with Gasteiger partial charge in [0.2, 0.25) is 0 Å². The van der Waals surface area contributed by atoms with Crippen LogP contribution < -0.4 is 4.74 Å². The standard InChI is InChI=1S/C18H22N2O3/c1-3-23-15(21)9-12-13-8-14-16(12)17(14)18(13)20-19-10-4-6-11(22-2)7-5-10/h4-7,12-14,16-18H,3,8-9H2,1-2H3/t12-,13+,14-,16?,17?,18?/m0/s1. The van der Waals surface area contributed by atoms with E-state index in [1.165, 1.54) is 6.42 Å². The first-order valence-corrected chi connectivity index (χ1v) is 8.43. The first kappa shape index (κ1) is 14.7. The van der Waals surface area contributed by atoms with Gasteiger partial charge >= 0.3 is 5.97 Å². The number of hydrogen-bond acceptors (Lipinski definition) is 5. The first-order chi connectivity index (χ1) is 11.2. The molecule has 6 atom stereocenters. The molecule has 122 valence electrons. The predicted molar refractivity (Wildman–Crippen MR) is 84.6 cm³/mol. The van der Waals surface area contributed by atoms with Crippen LogP contribution >= 0.6 is 0 Å². The monoisotopic (exact) mass is 314 g/mol. The van der Waals surface area contributed by atoms with Crippen molar-refractivity contribution in [2.75, 3.05) is 13.7 Å². The van der Waals surface area contributed by atoms with Gasteiger partial charge < -0.3 is 9.47 Å². The van der Waals surface area contributed by atoms with Crippen molar-refractivity contribution in [1.29, 1.82) is 0 Å². The van der Waals surface area contributed by atoms with Gasteiger partial charge in [-0.15, -0.1) is 0 Å². The van der Waals surface area contributed by atoms with E-state index in [1.807, 2.05) is 31.2 Å². The number of benzene rings is 1. The summed E-state index contributed by atoms with van der Waals surface area (Å²) in [6.07, 6.45) is 1.77. The third-order valence-corrected chi connectivity index (χ3v) is 5.80. The van der Waals surface area contributed by atoms with Crippen molar-refractivity contribution in [3.05, 3.63) is 24.3 Å². The maximum absolute atomic E-state index is 11.8. The van der Waals surface area contributed by atoms with Crippen LogP contribution in [-0.4, -0.2) is 25.7 Å². The van der Waals surface area contributed by atoms with Crippen LogP contribution in [0.4, 0.5) is 5.69 Å². The Balaban J connectivity index is 1.41. The number of esters is 1. The lowest BCUT2D eigenvalue weighted by atomic mass is 9.93. The number of methoxy groups -OCH3 is 1. The Kier molecular flexibility index (Phi) is 3.58. The van der Waals surface area contributed by atoms with E-state index >= 15 is 0 Å². The number of ether oxygens (including phenoxy) is 2. The minimum Gasteiger partial charge on any atom is -0.497 e. The molecule has 23 heavy (non-hydrogen) atoms. The van der Waals surface area contributed by atoms with E-state index in [0.717, 1.165) is 17.4 Å². The molecule has 1 aromatic rings. The van der Waals surface area contributed by atoms with E-state index in [9.17, 15) is 4.79 Å². The Morgan fingerprint density at radius 3 is 2.65 bits per heavy atom. The highest BCUT2D eigenvalue weighted by Gasteiger charge is 2.73. The van der Waals surface area contributed by atoms with Gasteiger partial charge in [0.15, 0.2) is 0 Å². The predicted octanol–water partition coefficient (Wildman–Crippen LogP) is 3.61. The van der Waals surface area contributed by atoms with Gasteiger partial charge in [0, 0.05) is 6.42 Å². The SMILES string of the molecule is CCOC(=O)C[C@@H]1C2C3C(N=Nc4ccc(OC)cc4)[C@@H]1C[C@H]32. The van der Waals surface area contributed by atoms with Gasteiger partial charge in [0.05, 0.1) is 25.4 Å². The van der Waals surface area contributed by atoms with E-state index in [-0.39, 0.29) is 5.97 Å². The molecule has 4 aliphatic rings. The largest absolute Gasteiger partial charge is 0.497 e. The molecule has 3 unspecified atom stereocenters. The third-order valence-electron chi connectivity index (χ3n) is 5.80. The molecule has 0 spiro atoms. The topological polar surface area (TPSA) is 60.2 Å². The van der Waals surface area contributed by atoms with Crippen LogP contribution in [0.3, 0.4) is 0 Å². The second kappa shape index (κ2) is 5.62. The summed E-state index contributed by atoms with van der Waals surface area (Å²) in [5.41, 5.74) is 0.856. The molecule has 1 aromatic carbocycles. The quantitative estimate of drug-likeness (QED) is 0.595. The molecule has 0 aromatic heterocycles. The number of rotatable bonds is 6. The summed E-state index contributed by atoms with van der Waals surface area (Å²) in [5, 5.41) is 9.05. The lowest BCUT2D eigenvalue weighted by Gasteiger charge is -2.16. The van der Waals surface area contributed by atoms with Gasteiger partial charge in [-0.25, -0.2) is 0 Å². The van der Waals surface area contributed by atoms with E-state index in [2.05, 4.69) is 10.2 Å². The minimum atomic E-state index is -0.0541. The first-order valence-electron chi connectivity index (χ1n) is 8.43. The van der Waals surface area contributed by atoms with Gasteiger partial charge in [0.25, 0.3) is 0 Å². The van der Waals surface area contributed by atoms with Gasteiger partial charge in [-0.1, -0.05) is 0 Å². The Hall–Kier alpha value is -1.91. The van der Waals surface area contributed by atoms with Crippen LogP contribution in [0.2, 0.25) is 0 Å². The average Bonchev–Trinajstić information content (AvgIpc) is 2.84. The number of carbonyl (C=O) groups is 1. The summed E-state index contributed by atoms with van der Waals surface area (Å²) in [5.74, 6) is 3.86. The molecule has 0 radical (unpaired) electrons. The normalized spacial score (nSPS) is 36.4. The van der Waals surface area contributed by atoms with Gasteiger partial charge in [-0.05, 0) is 67.2 Å². The molecular weight excluding hydrogens is 292 g/mol. The van der Waals surface area contributed by atoms with Gasteiger partial charge in [-0.3, -0.25) is 4.79 Å². The molecule has 0 N–H and O–H groups in total. The van der Waals surface area contributed by atoms with Crippen LogP contribution in [0.5, 0.6) is 5.75 Å². The second-order valence-electron chi connectivity index (χ2n) is 6.80. The minimum absolute atomic E-state index is 0.0541. The summed E-state index contributed by atoms with van der Waals surface area (Å²) in [4.78, 5) is 11.8. The molecular formula is C18H22N2O3. The van der Waals surface area contributed by atoms with E-state index in [1.54, 1.807) is 7.11 Å². The summed E-state index contributed by atoms with van der Waals surface area (Å²) in [6.45, 7) is 2.33. The fraction of sp³-hybridized carbons (Fsp3) is 0.611. The van der Waals surface area contributed by atoms with Gasteiger partial charge in [-0.2, -0.15) is 10.2 Å². The van der Waals surface area contributed by atoms with Crippen molar-refractivity contribution < 1.29 is 14.3 Å². The van der Waals surface area contributed by atoms with Crippen molar-refractivity contribution >= 4 is 11.7 Å². The zero-order chi connectivity index (χ0) is 16.0. The molecule has 5 rings (SSSR count). The molecule has 5 nitrogen and oxygen atoms in total. The van der Waals surface area contributed by atoms with Crippen LogP contribution in [0.15, 0.2) is 34.5 Å². The Bertz CT molecular complexity index is 628. The highest BCUT2D eigenvalue weighted by atomic mass is 16.5. The van der Waals surface area contributed by atoms with Crippen molar-refractivity contribution in [2.24, 2.45) is 39.8 Å². The third kappa shape index (κ3) is 2.42. The summed E-state index contributed by atoms with van der Waals surface area (Å²) >= 11 is 0. The average molecular weight is 314 g/mol. The maximum Gasteiger partial charge on any atom is 0.306 e. The van der Waals surface area contributed by atoms with Gasteiger partial charge in [0.1, 0.15) is 5.75 Å². The zero-order valence-corrected chi connectivity index (χ0v) is 13.5. The van der Waals surface area contributed by atoms with Crippen LogP contribution in [0, 0.1) is 29.6 Å². The second-order valence-corrected chi connectivity index (χ2v) is 6.80. The van der Waals surface area contributed by atoms with E-state index in [0.29, 0.717) is 42.7 Å². The van der Waals surface area contributed by atoms with Crippen molar-refractivity contribution in [2.45, 2.75) is 25.8 Å². The fourth-order valence-electron chi connectivity index (χ4n) is 4.92. The molecule has 5 heteroatoms. The fourth-order valence-corrected chi connectivity index (χ4v) is 4.92. The lowest BCUT2D eigenvalue weighted by molar-refractivity contribution is -0.144. The van der Waals surface area contributed by atoms with Crippen molar-refractivity contribution in [1.82, 2.24) is 0 Å². The zero-order valence-electron chi connectivity index (χ0n) is 13.5. The number of nitrogens with zero attached hydrogens (tertiary/aromatic N) is 2. The molecule has 4 bridgehead atoms. The van der Waals surface area contributed by atoms with Crippen LogP contribution in [0.25, 0.3) is 0 Å². The molecule has 4 aliphatic carbocycles. The number of carbonyl (C=O) groups excluding carboxylic acids is 1. The number of azo groups is 1. The smallest absolute Gasteiger partial charge is 0.306 e. The lowest BCUT2D eigenvalue weighted by Crippen LogP contribution is -2.18. The van der Waals surface area contributed by atoms with Crippen LogP contribution in [0.1, 0.15) is 19.8 Å². The molecule has 4 saturated carbocycles. The summed E-state index contributed by atoms with van der Waals surface area (Å²) in [7, 11) is 1.65. The maximum atomic E-state index is 11.8.